The van der Waals surface area contributed by atoms with Gasteiger partial charge in [-0.15, -0.1) is 0 Å². The zero-order valence-corrected chi connectivity index (χ0v) is 12.9. The number of hydrogen-bond acceptors (Lipinski definition) is 4. The van der Waals surface area contributed by atoms with Crippen molar-refractivity contribution in [1.82, 2.24) is 9.80 Å². The molecule has 112 valence electrons. The van der Waals surface area contributed by atoms with Crippen LogP contribution in [-0.2, 0) is 0 Å². The Bertz CT molecular complexity index is 399. The number of piperazine rings is 1. The van der Waals surface area contributed by atoms with Crippen molar-refractivity contribution in [2.75, 3.05) is 40.3 Å². The van der Waals surface area contributed by atoms with Crippen molar-refractivity contribution < 1.29 is 4.74 Å². The number of hydrogen-bond donors (Lipinski definition) is 1. The molecule has 1 aliphatic heterocycles. The lowest BCUT2D eigenvalue weighted by molar-refractivity contribution is 0.0969. The second-order valence-electron chi connectivity index (χ2n) is 5.63. The second kappa shape index (κ2) is 7.07. The Morgan fingerprint density at radius 3 is 2.25 bits per heavy atom. The molecule has 1 aromatic rings. The van der Waals surface area contributed by atoms with Gasteiger partial charge in [-0.2, -0.15) is 0 Å². The number of benzene rings is 1. The van der Waals surface area contributed by atoms with Crippen molar-refractivity contribution in [3.05, 3.63) is 29.8 Å². The van der Waals surface area contributed by atoms with Crippen molar-refractivity contribution in [1.29, 1.82) is 0 Å². The number of methoxy groups -OCH3 is 1. The highest BCUT2D eigenvalue weighted by molar-refractivity contribution is 5.30. The first-order chi connectivity index (χ1) is 9.65. The maximum atomic E-state index is 6.40. The lowest BCUT2D eigenvalue weighted by atomic mass is 9.95. The fourth-order valence-corrected chi connectivity index (χ4v) is 2.85. The molecule has 0 spiro atoms. The molecule has 0 aliphatic carbocycles. The minimum absolute atomic E-state index is 0.173. The molecule has 0 amide bonds. The van der Waals surface area contributed by atoms with Crippen LogP contribution in [0.2, 0.25) is 0 Å². The Balaban J connectivity index is 2.17. The first-order valence-corrected chi connectivity index (χ1v) is 7.47. The molecule has 4 nitrogen and oxygen atoms in total. The Morgan fingerprint density at radius 1 is 1.15 bits per heavy atom. The summed E-state index contributed by atoms with van der Waals surface area (Å²) >= 11 is 0. The van der Waals surface area contributed by atoms with Gasteiger partial charge in [0.1, 0.15) is 5.75 Å². The van der Waals surface area contributed by atoms with Gasteiger partial charge in [-0.3, -0.25) is 4.90 Å². The van der Waals surface area contributed by atoms with E-state index in [-0.39, 0.29) is 6.04 Å². The monoisotopic (exact) mass is 277 g/mol. The van der Waals surface area contributed by atoms with E-state index in [2.05, 4.69) is 35.9 Å². The van der Waals surface area contributed by atoms with Crippen molar-refractivity contribution in [2.24, 2.45) is 5.73 Å². The highest BCUT2D eigenvalue weighted by Gasteiger charge is 2.27. The van der Waals surface area contributed by atoms with Crippen LogP contribution >= 0.6 is 0 Å². The molecule has 1 fully saturated rings. The molecule has 0 aromatic heterocycles. The standard InChI is InChI=1S/C16H27N3O/c1-4-15(17)16(19-11-9-18(2)10-12-19)13-5-7-14(20-3)8-6-13/h5-8,15-16H,4,9-12,17H2,1-3H3. The molecule has 0 bridgehead atoms. The van der Waals surface area contributed by atoms with Crippen molar-refractivity contribution in [2.45, 2.75) is 25.4 Å². The summed E-state index contributed by atoms with van der Waals surface area (Å²) in [6.45, 7) is 6.56. The molecule has 20 heavy (non-hydrogen) atoms. The van der Waals surface area contributed by atoms with Crippen molar-refractivity contribution >= 4 is 0 Å². The van der Waals surface area contributed by atoms with Gasteiger partial charge >= 0.3 is 0 Å². The van der Waals surface area contributed by atoms with Crippen LogP contribution in [0.3, 0.4) is 0 Å². The molecule has 4 heteroatoms. The van der Waals surface area contributed by atoms with E-state index >= 15 is 0 Å². The smallest absolute Gasteiger partial charge is 0.118 e. The van der Waals surface area contributed by atoms with E-state index in [9.17, 15) is 0 Å². The van der Waals surface area contributed by atoms with E-state index in [1.165, 1.54) is 5.56 Å². The molecule has 2 unspecified atom stereocenters. The normalized spacial score (nSPS) is 20.6. The van der Waals surface area contributed by atoms with Crippen LogP contribution in [0, 0.1) is 0 Å². The summed E-state index contributed by atoms with van der Waals surface area (Å²) in [5.74, 6) is 0.899. The van der Waals surface area contributed by atoms with E-state index in [0.717, 1.165) is 38.3 Å². The second-order valence-corrected chi connectivity index (χ2v) is 5.63. The summed E-state index contributed by atoms with van der Waals surface area (Å²) in [4.78, 5) is 4.90. The topological polar surface area (TPSA) is 41.7 Å². The van der Waals surface area contributed by atoms with Gasteiger partial charge in [0.15, 0.2) is 0 Å². The van der Waals surface area contributed by atoms with Crippen molar-refractivity contribution in [3.8, 4) is 5.75 Å². The Hall–Kier alpha value is -1.10. The van der Waals surface area contributed by atoms with E-state index in [1.807, 2.05) is 12.1 Å². The lowest BCUT2D eigenvalue weighted by Crippen LogP contribution is -2.50. The average Bonchev–Trinajstić information content (AvgIpc) is 2.50. The van der Waals surface area contributed by atoms with Gasteiger partial charge in [0.2, 0.25) is 0 Å². The summed E-state index contributed by atoms with van der Waals surface area (Å²) in [5.41, 5.74) is 7.69. The summed E-state index contributed by atoms with van der Waals surface area (Å²) in [6.07, 6.45) is 0.989. The lowest BCUT2D eigenvalue weighted by Gasteiger charge is -2.40. The Morgan fingerprint density at radius 2 is 1.75 bits per heavy atom. The molecule has 1 saturated heterocycles. The van der Waals surface area contributed by atoms with Crippen LogP contribution in [0.5, 0.6) is 5.75 Å². The molecule has 2 atom stereocenters. The molecule has 2 rings (SSSR count). The minimum Gasteiger partial charge on any atom is -0.497 e. The third-order valence-corrected chi connectivity index (χ3v) is 4.27. The van der Waals surface area contributed by atoms with Crippen LogP contribution in [-0.4, -0.2) is 56.2 Å². The third-order valence-electron chi connectivity index (χ3n) is 4.27. The van der Waals surface area contributed by atoms with Gasteiger partial charge < -0.3 is 15.4 Å². The first-order valence-electron chi connectivity index (χ1n) is 7.47. The largest absolute Gasteiger partial charge is 0.497 e. The highest BCUT2D eigenvalue weighted by Crippen LogP contribution is 2.27. The zero-order valence-electron chi connectivity index (χ0n) is 12.9. The average molecular weight is 277 g/mol. The molecule has 1 aliphatic rings. The van der Waals surface area contributed by atoms with Crippen LogP contribution < -0.4 is 10.5 Å². The maximum absolute atomic E-state index is 6.40. The predicted molar refractivity (Wildman–Crippen MR) is 83.1 cm³/mol. The van der Waals surface area contributed by atoms with Gasteiger partial charge in [0.05, 0.1) is 7.11 Å². The molecule has 1 heterocycles. The van der Waals surface area contributed by atoms with E-state index in [0.29, 0.717) is 6.04 Å². The summed E-state index contributed by atoms with van der Waals surface area (Å²) in [7, 11) is 3.88. The van der Waals surface area contributed by atoms with E-state index in [4.69, 9.17) is 10.5 Å². The SMILES string of the molecule is CCC(N)C(c1ccc(OC)cc1)N1CCN(C)CC1. The predicted octanol–water partition coefficient (Wildman–Crippen LogP) is 1.72. The quantitative estimate of drug-likeness (QED) is 0.890. The highest BCUT2D eigenvalue weighted by atomic mass is 16.5. The van der Waals surface area contributed by atoms with E-state index in [1.54, 1.807) is 7.11 Å². The number of rotatable bonds is 5. The number of nitrogens with two attached hydrogens (primary N) is 1. The van der Waals surface area contributed by atoms with Gasteiger partial charge in [-0.25, -0.2) is 0 Å². The fraction of sp³-hybridized carbons (Fsp3) is 0.625. The fourth-order valence-electron chi connectivity index (χ4n) is 2.85. The molecular formula is C16H27N3O. The van der Waals surface area contributed by atoms with Crippen LogP contribution in [0.25, 0.3) is 0 Å². The number of nitrogens with zero attached hydrogens (tertiary/aromatic N) is 2. The first kappa shape index (κ1) is 15.3. The molecule has 2 N–H and O–H groups in total. The van der Waals surface area contributed by atoms with Gasteiger partial charge in [0, 0.05) is 38.3 Å². The molecule has 0 radical (unpaired) electrons. The van der Waals surface area contributed by atoms with Gasteiger partial charge in [-0.1, -0.05) is 19.1 Å². The van der Waals surface area contributed by atoms with E-state index < -0.39 is 0 Å². The van der Waals surface area contributed by atoms with Crippen LogP contribution in [0.1, 0.15) is 24.9 Å². The Labute approximate surface area is 122 Å². The molecular weight excluding hydrogens is 250 g/mol. The van der Waals surface area contributed by atoms with Crippen LogP contribution in [0.4, 0.5) is 0 Å². The summed E-state index contributed by atoms with van der Waals surface area (Å²) in [5, 5.41) is 0. The van der Waals surface area contributed by atoms with Gasteiger partial charge in [0.25, 0.3) is 0 Å². The molecule has 0 saturated carbocycles. The molecule has 1 aromatic carbocycles. The Kier molecular flexibility index (Phi) is 5.40. The van der Waals surface area contributed by atoms with Crippen LogP contribution in [0.15, 0.2) is 24.3 Å². The number of ether oxygens (including phenoxy) is 1. The number of likely N-dealkylation sites (N-methyl/N-ethyl adjacent to an activating group) is 1. The zero-order chi connectivity index (χ0) is 14.5. The summed E-state index contributed by atoms with van der Waals surface area (Å²) < 4.78 is 5.24. The summed E-state index contributed by atoms with van der Waals surface area (Å²) in [6, 6.07) is 8.84. The van der Waals surface area contributed by atoms with Crippen molar-refractivity contribution in [3.63, 3.8) is 0 Å². The van der Waals surface area contributed by atoms with Gasteiger partial charge in [-0.05, 0) is 31.2 Å². The maximum Gasteiger partial charge on any atom is 0.118 e. The minimum atomic E-state index is 0.173. The third kappa shape index (κ3) is 3.51.